The number of benzene rings is 1. The second kappa shape index (κ2) is 7.92. The first kappa shape index (κ1) is 19.7. The van der Waals surface area contributed by atoms with Crippen molar-refractivity contribution in [2.24, 2.45) is 10.9 Å². The first-order valence-electron chi connectivity index (χ1n) is 10.4. The highest BCUT2D eigenvalue weighted by atomic mass is 15.3. The Morgan fingerprint density at radius 3 is 2.30 bits per heavy atom. The number of dihydropyridines is 1. The van der Waals surface area contributed by atoms with E-state index in [1.165, 1.54) is 46.5 Å². The first-order chi connectivity index (χ1) is 12.9. The van der Waals surface area contributed by atoms with Crippen LogP contribution in [-0.4, -0.2) is 29.9 Å². The number of hydrogen-bond acceptors (Lipinski definition) is 3. The molecule has 0 radical (unpaired) electrons. The Morgan fingerprint density at radius 1 is 1.04 bits per heavy atom. The molecule has 146 valence electrons. The quantitative estimate of drug-likeness (QED) is 0.638. The zero-order valence-corrected chi connectivity index (χ0v) is 18.1. The van der Waals surface area contributed by atoms with Crippen LogP contribution in [0.2, 0.25) is 0 Å². The first-order valence-corrected chi connectivity index (χ1v) is 10.4. The molecule has 2 unspecified atom stereocenters. The van der Waals surface area contributed by atoms with E-state index in [0.29, 0.717) is 5.92 Å². The number of hydrogen-bond donors (Lipinski definition) is 0. The molecule has 0 aromatic heterocycles. The van der Waals surface area contributed by atoms with E-state index in [-0.39, 0.29) is 6.17 Å². The van der Waals surface area contributed by atoms with Crippen LogP contribution in [-0.2, 0) is 0 Å². The Labute approximate surface area is 165 Å². The van der Waals surface area contributed by atoms with Crippen molar-refractivity contribution in [2.75, 3.05) is 18.0 Å². The summed E-state index contributed by atoms with van der Waals surface area (Å²) in [6.07, 6.45) is 7.26. The smallest absolute Gasteiger partial charge is 0.137 e. The van der Waals surface area contributed by atoms with Gasteiger partial charge in [-0.2, -0.15) is 0 Å². The number of aryl methyl sites for hydroxylation is 3. The molecule has 0 amide bonds. The van der Waals surface area contributed by atoms with Crippen molar-refractivity contribution in [3.05, 3.63) is 52.4 Å². The van der Waals surface area contributed by atoms with E-state index >= 15 is 0 Å². The summed E-state index contributed by atoms with van der Waals surface area (Å²) < 4.78 is 0. The number of aliphatic imine (C=N–C) groups is 1. The van der Waals surface area contributed by atoms with E-state index in [9.17, 15) is 0 Å². The lowest BCUT2D eigenvalue weighted by Gasteiger charge is -2.38. The third-order valence-electron chi connectivity index (χ3n) is 5.85. The Morgan fingerprint density at radius 2 is 1.70 bits per heavy atom. The van der Waals surface area contributed by atoms with E-state index in [1.807, 2.05) is 0 Å². The van der Waals surface area contributed by atoms with Crippen molar-refractivity contribution in [3.8, 4) is 0 Å². The number of allylic oxidation sites excluding steroid dienone is 1. The Balaban J connectivity index is 2.01. The molecule has 0 N–H and O–H groups in total. The standard InChI is InChI=1S/C24H35N3/c1-8-10-11-26(9-2)21-14-20(7)25-24-22(21)19(6)15-27(24)23-17(4)12-16(3)13-18(23)5/h12-15,22,24H,8-11H2,1-7H3. The predicted molar refractivity (Wildman–Crippen MR) is 118 cm³/mol. The SMILES string of the molecule is CCCCN(CC)C1=CC(C)=NC2C1C(C)=CN2c1c(C)cc(C)cc1C. The van der Waals surface area contributed by atoms with Crippen molar-refractivity contribution in [3.63, 3.8) is 0 Å². The zero-order valence-electron chi connectivity index (χ0n) is 18.1. The lowest BCUT2D eigenvalue weighted by atomic mass is 9.91. The van der Waals surface area contributed by atoms with E-state index in [0.717, 1.165) is 18.8 Å². The lowest BCUT2D eigenvalue weighted by Crippen LogP contribution is -2.40. The molecule has 2 aliphatic rings. The van der Waals surface area contributed by atoms with Gasteiger partial charge in [0, 0.05) is 36.4 Å². The third-order valence-corrected chi connectivity index (χ3v) is 5.85. The molecule has 0 saturated carbocycles. The second-order valence-electron chi connectivity index (χ2n) is 8.19. The Kier molecular flexibility index (Phi) is 5.78. The third kappa shape index (κ3) is 3.69. The minimum Gasteiger partial charge on any atom is -0.374 e. The molecule has 3 heteroatoms. The Bertz CT molecular complexity index is 777. The summed E-state index contributed by atoms with van der Waals surface area (Å²) in [5, 5.41) is 0. The summed E-state index contributed by atoms with van der Waals surface area (Å²) in [6.45, 7) is 17.8. The summed E-state index contributed by atoms with van der Waals surface area (Å²) in [5.74, 6) is 0.352. The van der Waals surface area contributed by atoms with Gasteiger partial charge in [0.05, 0.1) is 5.92 Å². The monoisotopic (exact) mass is 365 g/mol. The van der Waals surface area contributed by atoms with Gasteiger partial charge >= 0.3 is 0 Å². The number of anilines is 1. The number of unbranched alkanes of at least 4 members (excludes halogenated alkanes) is 1. The normalized spacial score (nSPS) is 21.6. The number of rotatable bonds is 6. The molecule has 2 aliphatic heterocycles. The van der Waals surface area contributed by atoms with Crippen LogP contribution in [0.25, 0.3) is 0 Å². The molecule has 2 heterocycles. The van der Waals surface area contributed by atoms with Crippen molar-refractivity contribution < 1.29 is 0 Å². The molecule has 3 nitrogen and oxygen atoms in total. The maximum atomic E-state index is 5.09. The minimum atomic E-state index is 0.140. The highest BCUT2D eigenvalue weighted by Gasteiger charge is 2.40. The summed E-state index contributed by atoms with van der Waals surface area (Å²) in [5.41, 5.74) is 9.31. The van der Waals surface area contributed by atoms with Gasteiger partial charge in [-0.1, -0.05) is 31.0 Å². The van der Waals surface area contributed by atoms with Gasteiger partial charge in [0.1, 0.15) is 6.17 Å². The molecule has 0 aliphatic carbocycles. The minimum absolute atomic E-state index is 0.140. The van der Waals surface area contributed by atoms with E-state index in [4.69, 9.17) is 4.99 Å². The fraction of sp³-hybridized carbons (Fsp3) is 0.542. The van der Waals surface area contributed by atoms with Crippen molar-refractivity contribution >= 4 is 11.4 Å². The molecule has 0 bridgehead atoms. The number of fused-ring (bicyclic) bond motifs is 1. The van der Waals surface area contributed by atoms with Crippen LogP contribution >= 0.6 is 0 Å². The van der Waals surface area contributed by atoms with Crippen LogP contribution in [0.15, 0.2) is 40.7 Å². The fourth-order valence-electron chi connectivity index (χ4n) is 4.73. The van der Waals surface area contributed by atoms with Gasteiger partial charge in [-0.3, -0.25) is 4.99 Å². The lowest BCUT2D eigenvalue weighted by molar-refractivity contribution is 0.310. The summed E-state index contributed by atoms with van der Waals surface area (Å²) >= 11 is 0. The maximum Gasteiger partial charge on any atom is 0.137 e. The van der Waals surface area contributed by atoms with Gasteiger partial charge in [-0.05, 0) is 70.7 Å². The van der Waals surface area contributed by atoms with Crippen molar-refractivity contribution in [1.29, 1.82) is 0 Å². The average molecular weight is 366 g/mol. The summed E-state index contributed by atoms with van der Waals surface area (Å²) in [7, 11) is 0. The van der Waals surface area contributed by atoms with Crippen molar-refractivity contribution in [1.82, 2.24) is 4.90 Å². The van der Waals surface area contributed by atoms with Crippen LogP contribution in [0.3, 0.4) is 0 Å². The largest absolute Gasteiger partial charge is 0.374 e. The molecule has 0 spiro atoms. The molecule has 1 aromatic rings. The van der Waals surface area contributed by atoms with E-state index in [1.54, 1.807) is 0 Å². The maximum absolute atomic E-state index is 5.09. The van der Waals surface area contributed by atoms with Gasteiger partial charge in [0.25, 0.3) is 0 Å². The van der Waals surface area contributed by atoms with Crippen LogP contribution in [0.1, 0.15) is 57.2 Å². The van der Waals surface area contributed by atoms with Crippen LogP contribution in [0.4, 0.5) is 5.69 Å². The summed E-state index contributed by atoms with van der Waals surface area (Å²) in [4.78, 5) is 10.1. The van der Waals surface area contributed by atoms with Gasteiger partial charge in [0.15, 0.2) is 0 Å². The topological polar surface area (TPSA) is 18.8 Å². The van der Waals surface area contributed by atoms with Gasteiger partial charge < -0.3 is 9.80 Å². The van der Waals surface area contributed by atoms with Gasteiger partial charge in [0.2, 0.25) is 0 Å². The molecule has 0 fully saturated rings. The molecule has 1 aromatic carbocycles. The highest BCUT2D eigenvalue weighted by Crippen LogP contribution is 2.42. The molecule has 2 atom stereocenters. The summed E-state index contributed by atoms with van der Waals surface area (Å²) in [6, 6.07) is 4.57. The van der Waals surface area contributed by atoms with Crippen molar-refractivity contribution in [2.45, 2.75) is 67.5 Å². The van der Waals surface area contributed by atoms with E-state index in [2.05, 4.69) is 82.7 Å². The average Bonchev–Trinajstić information content (AvgIpc) is 2.91. The second-order valence-corrected chi connectivity index (χ2v) is 8.19. The van der Waals surface area contributed by atoms with Crippen LogP contribution in [0.5, 0.6) is 0 Å². The molecular formula is C24H35N3. The van der Waals surface area contributed by atoms with E-state index < -0.39 is 0 Å². The highest BCUT2D eigenvalue weighted by molar-refractivity contribution is 5.95. The predicted octanol–water partition coefficient (Wildman–Crippen LogP) is 5.76. The number of nitrogens with zero attached hydrogens (tertiary/aromatic N) is 3. The van der Waals surface area contributed by atoms with Gasteiger partial charge in [-0.15, -0.1) is 0 Å². The fourth-order valence-corrected chi connectivity index (χ4v) is 4.73. The Hall–Kier alpha value is -2.03. The molecule has 0 saturated heterocycles. The zero-order chi connectivity index (χ0) is 19.7. The molecular weight excluding hydrogens is 330 g/mol. The van der Waals surface area contributed by atoms with Crippen LogP contribution < -0.4 is 4.90 Å². The van der Waals surface area contributed by atoms with Gasteiger partial charge in [-0.25, -0.2) is 0 Å². The molecule has 3 rings (SSSR count). The molecule has 27 heavy (non-hydrogen) atoms. The van der Waals surface area contributed by atoms with Crippen LogP contribution in [0, 0.1) is 26.7 Å².